The molecule has 0 saturated carbocycles. The van der Waals surface area contributed by atoms with Gasteiger partial charge in [-0.3, -0.25) is 9.59 Å². The van der Waals surface area contributed by atoms with Gasteiger partial charge in [0.1, 0.15) is 11.5 Å². The highest BCUT2D eigenvalue weighted by atomic mass is 16.5. The third-order valence-corrected chi connectivity index (χ3v) is 3.43. The van der Waals surface area contributed by atoms with E-state index in [0.717, 1.165) is 11.1 Å². The summed E-state index contributed by atoms with van der Waals surface area (Å²) in [4.78, 5) is 23.8. The van der Waals surface area contributed by atoms with Crippen molar-refractivity contribution in [2.24, 2.45) is 0 Å². The third-order valence-electron chi connectivity index (χ3n) is 3.43. The Bertz CT molecular complexity index is 479. The van der Waals surface area contributed by atoms with Crippen LogP contribution in [0.5, 0.6) is 5.75 Å². The van der Waals surface area contributed by atoms with Crippen LogP contribution in [0, 0.1) is 0 Å². The van der Waals surface area contributed by atoms with Crippen LogP contribution in [-0.2, 0) is 20.7 Å². The fraction of sp³-hybridized carbons (Fsp3) is 0.467. The second-order valence-corrected chi connectivity index (χ2v) is 4.56. The predicted molar refractivity (Wildman–Crippen MR) is 70.3 cm³/mol. The average molecular weight is 262 g/mol. The van der Waals surface area contributed by atoms with Gasteiger partial charge in [-0.2, -0.15) is 0 Å². The summed E-state index contributed by atoms with van der Waals surface area (Å²) in [6.07, 6.45) is 1.29. The number of Topliss-reactive ketones (excluding diaryl/α,β-unsaturated/α-hetero) is 1. The van der Waals surface area contributed by atoms with E-state index in [9.17, 15) is 9.59 Å². The van der Waals surface area contributed by atoms with E-state index in [2.05, 4.69) is 0 Å². The van der Waals surface area contributed by atoms with E-state index in [1.807, 2.05) is 18.2 Å². The summed E-state index contributed by atoms with van der Waals surface area (Å²) in [5.74, 6) is 0.00320. The third kappa shape index (κ3) is 2.78. The lowest BCUT2D eigenvalue weighted by molar-refractivity contribution is -0.145. The zero-order valence-corrected chi connectivity index (χ0v) is 11.3. The van der Waals surface area contributed by atoms with Crippen LogP contribution in [0.3, 0.4) is 0 Å². The number of ether oxygens (including phenoxy) is 2. The second-order valence-electron chi connectivity index (χ2n) is 4.56. The fourth-order valence-electron chi connectivity index (χ4n) is 2.58. The Morgan fingerprint density at radius 1 is 1.37 bits per heavy atom. The van der Waals surface area contributed by atoms with Crippen molar-refractivity contribution in [3.63, 3.8) is 0 Å². The lowest BCUT2D eigenvalue weighted by Crippen LogP contribution is -2.24. The molecule has 1 aromatic rings. The number of aryl methyl sites for hydroxylation is 1. The molecule has 0 amide bonds. The number of methoxy groups -OCH3 is 1. The number of benzene rings is 1. The molecule has 4 nitrogen and oxygen atoms in total. The van der Waals surface area contributed by atoms with Crippen molar-refractivity contribution < 1.29 is 19.1 Å². The van der Waals surface area contributed by atoms with Gasteiger partial charge in [-0.25, -0.2) is 0 Å². The lowest BCUT2D eigenvalue weighted by atomic mass is 9.79. The minimum Gasteiger partial charge on any atom is -0.496 e. The summed E-state index contributed by atoms with van der Waals surface area (Å²) >= 11 is 0. The first-order valence-corrected chi connectivity index (χ1v) is 6.51. The highest BCUT2D eigenvalue weighted by molar-refractivity contribution is 5.92. The number of carbonyl (C=O) groups excluding carboxylic acids is 2. The van der Waals surface area contributed by atoms with Crippen LogP contribution in [0.1, 0.15) is 36.8 Å². The van der Waals surface area contributed by atoms with Crippen molar-refractivity contribution in [1.82, 2.24) is 0 Å². The molecule has 0 radical (unpaired) electrons. The van der Waals surface area contributed by atoms with Crippen LogP contribution < -0.4 is 4.74 Å². The van der Waals surface area contributed by atoms with Crippen molar-refractivity contribution >= 4 is 11.8 Å². The van der Waals surface area contributed by atoms with Crippen LogP contribution in [0.4, 0.5) is 0 Å². The molecule has 1 unspecified atom stereocenters. The molecule has 1 atom stereocenters. The average Bonchev–Trinajstić information content (AvgIpc) is 2.41. The number of esters is 1. The predicted octanol–water partition coefficient (Wildman–Crippen LogP) is 2.25. The SMILES string of the molecule is CCOC(=O)CC1C(=O)CCc2cccc(OC)c21. The molecular weight excluding hydrogens is 244 g/mol. The van der Waals surface area contributed by atoms with Gasteiger partial charge in [-0.15, -0.1) is 0 Å². The summed E-state index contributed by atoms with van der Waals surface area (Å²) in [7, 11) is 1.58. The normalized spacial score (nSPS) is 17.8. The van der Waals surface area contributed by atoms with Crippen LogP contribution >= 0.6 is 0 Å². The smallest absolute Gasteiger partial charge is 0.306 e. The first-order valence-electron chi connectivity index (χ1n) is 6.51. The minimum absolute atomic E-state index is 0.0880. The van der Waals surface area contributed by atoms with Gasteiger partial charge >= 0.3 is 5.97 Å². The summed E-state index contributed by atoms with van der Waals surface area (Å²) in [6.45, 7) is 2.09. The molecule has 1 aliphatic carbocycles. The van der Waals surface area contributed by atoms with Crippen LogP contribution in [-0.4, -0.2) is 25.5 Å². The van der Waals surface area contributed by atoms with Crippen molar-refractivity contribution in [2.75, 3.05) is 13.7 Å². The molecule has 2 rings (SSSR count). The molecule has 1 aliphatic rings. The van der Waals surface area contributed by atoms with E-state index in [0.29, 0.717) is 25.2 Å². The highest BCUT2D eigenvalue weighted by Gasteiger charge is 2.32. The van der Waals surface area contributed by atoms with Gasteiger partial charge in [0.25, 0.3) is 0 Å². The Labute approximate surface area is 112 Å². The maximum absolute atomic E-state index is 12.1. The molecule has 0 saturated heterocycles. The highest BCUT2D eigenvalue weighted by Crippen LogP contribution is 2.38. The summed E-state index contributed by atoms with van der Waals surface area (Å²) in [5.41, 5.74) is 1.95. The van der Waals surface area contributed by atoms with E-state index >= 15 is 0 Å². The van der Waals surface area contributed by atoms with E-state index in [4.69, 9.17) is 9.47 Å². The number of hydrogen-bond donors (Lipinski definition) is 0. The molecule has 1 aromatic carbocycles. The molecule has 19 heavy (non-hydrogen) atoms. The van der Waals surface area contributed by atoms with Gasteiger partial charge in [0.2, 0.25) is 0 Å². The first kappa shape index (κ1) is 13.6. The van der Waals surface area contributed by atoms with E-state index in [1.165, 1.54) is 0 Å². The Balaban J connectivity index is 2.34. The first-order chi connectivity index (χ1) is 9.17. The Morgan fingerprint density at radius 3 is 2.84 bits per heavy atom. The largest absolute Gasteiger partial charge is 0.496 e. The number of hydrogen-bond acceptors (Lipinski definition) is 4. The van der Waals surface area contributed by atoms with Gasteiger partial charge in [-0.05, 0) is 25.0 Å². The Kier molecular flexibility index (Phi) is 4.20. The number of carbonyl (C=O) groups is 2. The van der Waals surface area contributed by atoms with Gasteiger partial charge in [0.05, 0.1) is 26.1 Å². The molecule has 0 aromatic heterocycles. The van der Waals surface area contributed by atoms with Crippen LogP contribution in [0.2, 0.25) is 0 Å². The second kappa shape index (κ2) is 5.87. The topological polar surface area (TPSA) is 52.6 Å². The fourth-order valence-corrected chi connectivity index (χ4v) is 2.58. The zero-order valence-electron chi connectivity index (χ0n) is 11.3. The molecule has 0 bridgehead atoms. The molecule has 4 heteroatoms. The van der Waals surface area contributed by atoms with Crippen molar-refractivity contribution in [3.8, 4) is 5.75 Å². The van der Waals surface area contributed by atoms with Crippen molar-refractivity contribution in [2.45, 2.75) is 32.1 Å². The standard InChI is InChI=1S/C15H18O4/c1-3-19-14(17)9-11-12(16)8-7-10-5-4-6-13(18-2)15(10)11/h4-6,11H,3,7-9H2,1-2H3. The molecule has 0 fully saturated rings. The number of fused-ring (bicyclic) bond motifs is 1. The maximum atomic E-state index is 12.1. The Hall–Kier alpha value is -1.84. The van der Waals surface area contributed by atoms with E-state index < -0.39 is 5.92 Å². The summed E-state index contributed by atoms with van der Waals surface area (Å²) < 4.78 is 10.3. The van der Waals surface area contributed by atoms with Gasteiger partial charge in [-0.1, -0.05) is 12.1 Å². The van der Waals surface area contributed by atoms with E-state index in [1.54, 1.807) is 14.0 Å². The van der Waals surface area contributed by atoms with Gasteiger partial charge < -0.3 is 9.47 Å². The molecular formula is C15H18O4. The number of ketones is 1. The molecule has 0 spiro atoms. The summed E-state index contributed by atoms with van der Waals surface area (Å²) in [6, 6.07) is 5.73. The zero-order chi connectivity index (χ0) is 13.8. The molecule has 0 aliphatic heterocycles. The van der Waals surface area contributed by atoms with Crippen molar-refractivity contribution in [1.29, 1.82) is 0 Å². The maximum Gasteiger partial charge on any atom is 0.306 e. The van der Waals surface area contributed by atoms with Crippen LogP contribution in [0.15, 0.2) is 18.2 Å². The quantitative estimate of drug-likeness (QED) is 0.781. The molecule has 0 heterocycles. The monoisotopic (exact) mass is 262 g/mol. The Morgan fingerprint density at radius 2 is 2.16 bits per heavy atom. The molecule has 102 valence electrons. The lowest BCUT2D eigenvalue weighted by Gasteiger charge is -2.25. The van der Waals surface area contributed by atoms with Gasteiger partial charge in [0.15, 0.2) is 0 Å². The van der Waals surface area contributed by atoms with Crippen molar-refractivity contribution in [3.05, 3.63) is 29.3 Å². The number of rotatable bonds is 4. The summed E-state index contributed by atoms with van der Waals surface area (Å²) in [5, 5.41) is 0. The van der Waals surface area contributed by atoms with E-state index in [-0.39, 0.29) is 18.2 Å². The minimum atomic E-state index is -0.432. The molecule has 0 N–H and O–H groups in total. The van der Waals surface area contributed by atoms with Crippen LogP contribution in [0.25, 0.3) is 0 Å². The van der Waals surface area contributed by atoms with Gasteiger partial charge in [0, 0.05) is 12.0 Å².